The Morgan fingerprint density at radius 2 is 1.87 bits per heavy atom. The van der Waals surface area contributed by atoms with Crippen LogP contribution in [0.3, 0.4) is 0 Å². The van der Waals surface area contributed by atoms with E-state index in [4.69, 9.17) is 0 Å². The quantitative estimate of drug-likeness (QED) is 0.494. The first-order valence-electron chi connectivity index (χ1n) is 9.26. The fourth-order valence-corrected chi connectivity index (χ4v) is 4.91. The Hall–Kier alpha value is -3.53. The second-order valence-electron chi connectivity index (χ2n) is 7.04. The third kappa shape index (κ3) is 3.59. The number of rotatable bonds is 5. The number of nitrogens with zero attached hydrogens (tertiary/aromatic N) is 2. The van der Waals surface area contributed by atoms with Crippen molar-refractivity contribution in [3.8, 4) is 0 Å². The molecule has 0 radical (unpaired) electrons. The number of aromatic nitrogens is 3. The zero-order valence-corrected chi connectivity index (χ0v) is 17.4. The largest absolute Gasteiger partial charge is 0.346 e. The molecular weight excluding hydrogens is 426 g/mol. The van der Waals surface area contributed by atoms with Crippen molar-refractivity contribution in [2.45, 2.75) is 23.3 Å². The predicted molar refractivity (Wildman–Crippen MR) is 109 cm³/mol. The van der Waals surface area contributed by atoms with E-state index in [1.165, 1.54) is 35.0 Å². The number of H-pyrrole nitrogens is 1. The Morgan fingerprint density at radius 3 is 2.58 bits per heavy atom. The third-order valence-corrected chi connectivity index (χ3v) is 7.09. The number of hydrogen-bond donors (Lipinski definition) is 2. The SMILES string of the molecule is Cc1c(S(=O)(=O)c2ccc3[nH]ncc3c2)cc(C(=O)NCc2c(F)cccc2F)n1C. The molecule has 2 N–H and O–H groups in total. The van der Waals surface area contributed by atoms with Gasteiger partial charge in [-0.1, -0.05) is 6.07 Å². The summed E-state index contributed by atoms with van der Waals surface area (Å²) < 4.78 is 55.4. The van der Waals surface area contributed by atoms with Gasteiger partial charge in [-0.2, -0.15) is 5.10 Å². The first-order valence-corrected chi connectivity index (χ1v) is 10.7. The van der Waals surface area contributed by atoms with E-state index >= 15 is 0 Å². The number of fused-ring (bicyclic) bond motifs is 1. The van der Waals surface area contributed by atoms with Crippen LogP contribution in [0, 0.1) is 18.6 Å². The molecule has 160 valence electrons. The fraction of sp³-hybridized carbons (Fsp3) is 0.143. The summed E-state index contributed by atoms with van der Waals surface area (Å²) >= 11 is 0. The maximum Gasteiger partial charge on any atom is 0.268 e. The molecule has 2 aromatic heterocycles. The highest BCUT2D eigenvalue weighted by atomic mass is 32.2. The van der Waals surface area contributed by atoms with E-state index in [0.717, 1.165) is 12.1 Å². The van der Waals surface area contributed by atoms with Crippen LogP contribution in [0.2, 0.25) is 0 Å². The molecule has 0 aliphatic carbocycles. The summed E-state index contributed by atoms with van der Waals surface area (Å²) in [5.41, 5.74) is 0.832. The summed E-state index contributed by atoms with van der Waals surface area (Å²) in [5, 5.41) is 9.72. The van der Waals surface area contributed by atoms with Crippen molar-refractivity contribution in [3.63, 3.8) is 0 Å². The molecule has 7 nitrogen and oxygen atoms in total. The van der Waals surface area contributed by atoms with Crippen molar-refractivity contribution >= 4 is 26.6 Å². The summed E-state index contributed by atoms with van der Waals surface area (Å²) in [6.45, 7) is 1.21. The Kier molecular flexibility index (Phi) is 5.10. The average Bonchev–Trinajstić information content (AvgIpc) is 3.32. The third-order valence-electron chi connectivity index (χ3n) is 5.22. The van der Waals surface area contributed by atoms with Crippen LogP contribution in [0.15, 0.2) is 58.5 Å². The van der Waals surface area contributed by atoms with E-state index in [1.807, 2.05) is 0 Å². The fourth-order valence-electron chi connectivity index (χ4n) is 3.34. The normalized spacial score (nSPS) is 11.7. The lowest BCUT2D eigenvalue weighted by molar-refractivity contribution is 0.0942. The second kappa shape index (κ2) is 7.62. The minimum atomic E-state index is -3.92. The molecule has 0 aliphatic heterocycles. The van der Waals surface area contributed by atoms with Crippen molar-refractivity contribution in [3.05, 3.63) is 77.2 Å². The van der Waals surface area contributed by atoms with E-state index < -0.39 is 27.4 Å². The molecule has 4 rings (SSSR count). The molecule has 31 heavy (non-hydrogen) atoms. The van der Waals surface area contributed by atoms with Gasteiger partial charge in [-0.05, 0) is 43.3 Å². The van der Waals surface area contributed by atoms with Gasteiger partial charge in [0.1, 0.15) is 17.3 Å². The van der Waals surface area contributed by atoms with Crippen molar-refractivity contribution < 1.29 is 22.0 Å². The molecule has 0 fully saturated rings. The van der Waals surface area contributed by atoms with E-state index in [-0.39, 0.29) is 27.6 Å². The smallest absolute Gasteiger partial charge is 0.268 e. The van der Waals surface area contributed by atoms with E-state index in [9.17, 15) is 22.0 Å². The predicted octanol–water partition coefficient (Wildman–Crippen LogP) is 3.25. The minimum Gasteiger partial charge on any atom is -0.346 e. The molecule has 4 aromatic rings. The van der Waals surface area contributed by atoms with Crippen molar-refractivity contribution in [1.82, 2.24) is 20.1 Å². The topological polar surface area (TPSA) is 96.8 Å². The zero-order chi connectivity index (χ0) is 22.3. The molecule has 0 aliphatic rings. The summed E-state index contributed by atoms with van der Waals surface area (Å²) in [5.74, 6) is -2.21. The molecule has 0 saturated heterocycles. The zero-order valence-electron chi connectivity index (χ0n) is 16.6. The van der Waals surface area contributed by atoms with Crippen LogP contribution in [-0.2, 0) is 23.4 Å². The first-order chi connectivity index (χ1) is 14.7. The van der Waals surface area contributed by atoms with Crippen LogP contribution >= 0.6 is 0 Å². The maximum atomic E-state index is 13.8. The Labute approximate surface area is 176 Å². The van der Waals surface area contributed by atoms with E-state index in [1.54, 1.807) is 20.0 Å². The van der Waals surface area contributed by atoms with Gasteiger partial charge >= 0.3 is 0 Å². The van der Waals surface area contributed by atoms with Crippen LogP contribution < -0.4 is 5.32 Å². The number of halogens is 2. The molecule has 0 spiro atoms. The van der Waals surface area contributed by atoms with E-state index in [0.29, 0.717) is 16.6 Å². The number of aromatic amines is 1. The lowest BCUT2D eigenvalue weighted by Crippen LogP contribution is -2.26. The van der Waals surface area contributed by atoms with Gasteiger partial charge in [0.2, 0.25) is 9.84 Å². The van der Waals surface area contributed by atoms with Gasteiger partial charge in [0.05, 0.1) is 21.5 Å². The van der Waals surface area contributed by atoms with Crippen LogP contribution in [0.25, 0.3) is 10.9 Å². The Bertz CT molecular complexity index is 1400. The molecule has 1 amide bonds. The molecule has 2 heterocycles. The number of carbonyl (C=O) groups excluding carboxylic acids is 1. The number of amides is 1. The second-order valence-corrected chi connectivity index (χ2v) is 8.96. The van der Waals surface area contributed by atoms with Crippen LogP contribution in [-0.4, -0.2) is 29.1 Å². The highest BCUT2D eigenvalue weighted by molar-refractivity contribution is 7.91. The van der Waals surface area contributed by atoms with Crippen molar-refractivity contribution in [1.29, 1.82) is 0 Å². The van der Waals surface area contributed by atoms with Gasteiger partial charge in [0, 0.05) is 30.2 Å². The summed E-state index contributed by atoms with van der Waals surface area (Å²) in [4.78, 5) is 12.7. The lowest BCUT2D eigenvalue weighted by Gasteiger charge is -2.08. The van der Waals surface area contributed by atoms with Crippen molar-refractivity contribution in [2.75, 3.05) is 0 Å². The summed E-state index contributed by atoms with van der Waals surface area (Å²) in [6, 6.07) is 9.26. The molecule has 0 unspecified atom stereocenters. The van der Waals surface area contributed by atoms with Crippen molar-refractivity contribution in [2.24, 2.45) is 7.05 Å². The number of sulfone groups is 1. The summed E-state index contributed by atoms with van der Waals surface area (Å²) in [7, 11) is -2.37. The minimum absolute atomic E-state index is 0.0277. The molecule has 2 aromatic carbocycles. The van der Waals surface area contributed by atoms with Gasteiger partial charge in [0.25, 0.3) is 5.91 Å². The number of carbonyl (C=O) groups is 1. The average molecular weight is 444 g/mol. The number of hydrogen-bond acceptors (Lipinski definition) is 4. The van der Waals surface area contributed by atoms with Gasteiger partial charge in [-0.15, -0.1) is 0 Å². The van der Waals surface area contributed by atoms with Crippen LogP contribution in [0.5, 0.6) is 0 Å². The summed E-state index contributed by atoms with van der Waals surface area (Å²) in [6.07, 6.45) is 1.52. The number of nitrogens with one attached hydrogen (secondary N) is 2. The van der Waals surface area contributed by atoms with E-state index in [2.05, 4.69) is 15.5 Å². The highest BCUT2D eigenvalue weighted by Gasteiger charge is 2.26. The van der Waals surface area contributed by atoms with Gasteiger partial charge < -0.3 is 9.88 Å². The van der Waals surface area contributed by atoms with Gasteiger partial charge in [-0.25, -0.2) is 17.2 Å². The maximum absolute atomic E-state index is 13.8. The molecule has 10 heteroatoms. The highest BCUT2D eigenvalue weighted by Crippen LogP contribution is 2.28. The Balaban J connectivity index is 1.65. The first kappa shape index (κ1) is 20.7. The lowest BCUT2D eigenvalue weighted by atomic mass is 10.2. The number of benzene rings is 2. The van der Waals surface area contributed by atoms with Gasteiger partial charge in [-0.3, -0.25) is 9.89 Å². The molecule has 0 bridgehead atoms. The molecular formula is C21H18F2N4O3S. The molecule has 0 atom stereocenters. The van der Waals surface area contributed by atoms with Crippen LogP contribution in [0.4, 0.5) is 8.78 Å². The standard InChI is InChI=1S/C21H18F2N4O3S/c1-12-20(31(29,30)14-6-7-18-13(8-14)10-25-26-18)9-19(27(12)2)21(28)24-11-15-16(22)4-3-5-17(15)23/h3-10H,11H2,1-2H3,(H,24,28)(H,25,26). The monoisotopic (exact) mass is 444 g/mol. The Morgan fingerprint density at radius 1 is 1.16 bits per heavy atom. The van der Waals surface area contributed by atoms with Crippen LogP contribution in [0.1, 0.15) is 21.7 Å². The molecule has 0 saturated carbocycles. The van der Waals surface area contributed by atoms with Gasteiger partial charge in [0.15, 0.2) is 0 Å².